The fourth-order valence-corrected chi connectivity index (χ4v) is 2.68. The molecule has 1 unspecified atom stereocenters. The van der Waals surface area contributed by atoms with Gasteiger partial charge in [0.2, 0.25) is 0 Å². The van der Waals surface area contributed by atoms with Crippen LogP contribution in [0.4, 0.5) is 0 Å². The Morgan fingerprint density at radius 3 is 2.85 bits per heavy atom. The van der Waals surface area contributed by atoms with Gasteiger partial charge in [-0.3, -0.25) is 4.79 Å². The first-order chi connectivity index (χ1) is 9.63. The highest BCUT2D eigenvalue weighted by molar-refractivity contribution is 5.98. The Balaban J connectivity index is 1.82. The maximum Gasteiger partial charge on any atom is 0.167 e. The van der Waals surface area contributed by atoms with Gasteiger partial charge >= 0.3 is 0 Å². The van der Waals surface area contributed by atoms with Gasteiger partial charge in [-0.2, -0.15) is 0 Å². The molecule has 0 saturated heterocycles. The van der Waals surface area contributed by atoms with Gasteiger partial charge in [-0.15, -0.1) is 0 Å². The molecule has 20 heavy (non-hydrogen) atoms. The van der Waals surface area contributed by atoms with Crippen LogP contribution in [0.1, 0.15) is 34.0 Å². The van der Waals surface area contributed by atoms with Crippen LogP contribution in [0.3, 0.4) is 0 Å². The number of fused-ring (bicyclic) bond motifs is 1. The molecule has 2 aromatic carbocycles. The van der Waals surface area contributed by atoms with Gasteiger partial charge in [-0.05, 0) is 48.7 Å². The molecule has 0 N–H and O–H groups in total. The molecule has 0 aliphatic carbocycles. The molecule has 1 aliphatic rings. The van der Waals surface area contributed by atoms with Gasteiger partial charge in [0, 0.05) is 18.4 Å². The highest BCUT2D eigenvalue weighted by Crippen LogP contribution is 2.29. The Labute approximate surface area is 119 Å². The molecule has 0 amide bonds. The first-order valence-electron chi connectivity index (χ1n) is 7.01. The Morgan fingerprint density at radius 1 is 1.25 bits per heavy atom. The van der Waals surface area contributed by atoms with Gasteiger partial charge < -0.3 is 4.74 Å². The Kier molecular flexibility index (Phi) is 3.31. The van der Waals surface area contributed by atoms with Gasteiger partial charge in [0.25, 0.3) is 0 Å². The number of rotatable bonds is 3. The molecule has 0 bridgehead atoms. The zero-order chi connectivity index (χ0) is 14.1. The highest BCUT2D eigenvalue weighted by atomic mass is 16.5. The Morgan fingerprint density at radius 2 is 2.05 bits per heavy atom. The molecule has 0 radical (unpaired) electrons. The largest absolute Gasteiger partial charge is 0.490 e. The molecule has 1 aliphatic heterocycles. The van der Waals surface area contributed by atoms with Crippen molar-refractivity contribution in [3.05, 3.63) is 64.7 Å². The maximum atomic E-state index is 12.4. The van der Waals surface area contributed by atoms with Crippen LogP contribution in [0.15, 0.2) is 42.5 Å². The molecule has 0 saturated carbocycles. The predicted octanol–water partition coefficient (Wildman–Crippen LogP) is 3.74. The molecule has 0 fully saturated rings. The van der Waals surface area contributed by atoms with Crippen molar-refractivity contribution in [3.63, 3.8) is 0 Å². The van der Waals surface area contributed by atoms with Crippen LogP contribution < -0.4 is 4.74 Å². The lowest BCUT2D eigenvalue weighted by Crippen LogP contribution is -2.05. The monoisotopic (exact) mass is 266 g/mol. The average Bonchev–Trinajstić information content (AvgIpc) is 2.80. The second-order valence-electron chi connectivity index (χ2n) is 5.48. The van der Waals surface area contributed by atoms with E-state index < -0.39 is 0 Å². The number of hydrogen-bond acceptors (Lipinski definition) is 2. The Bertz CT molecular complexity index is 658. The molecule has 0 aromatic heterocycles. The minimum absolute atomic E-state index is 0.168. The van der Waals surface area contributed by atoms with E-state index in [9.17, 15) is 4.79 Å². The predicted molar refractivity (Wildman–Crippen MR) is 79.4 cm³/mol. The van der Waals surface area contributed by atoms with Gasteiger partial charge in [0.05, 0.1) is 0 Å². The zero-order valence-electron chi connectivity index (χ0n) is 11.8. The van der Waals surface area contributed by atoms with Crippen LogP contribution in [0, 0.1) is 6.92 Å². The molecular formula is C18H18O2. The van der Waals surface area contributed by atoms with Crippen molar-refractivity contribution in [1.29, 1.82) is 0 Å². The summed E-state index contributed by atoms with van der Waals surface area (Å²) in [5.74, 6) is 1.09. The van der Waals surface area contributed by atoms with E-state index in [2.05, 4.69) is 6.92 Å². The van der Waals surface area contributed by atoms with Gasteiger partial charge in [-0.25, -0.2) is 0 Å². The fraction of sp³-hybridized carbons (Fsp3) is 0.278. The summed E-state index contributed by atoms with van der Waals surface area (Å²) < 4.78 is 5.67. The number of Topliss-reactive ketones (excluding diaryl/α,β-unsaturated/α-hetero) is 1. The normalized spacial score (nSPS) is 16.6. The number of ketones is 1. The summed E-state index contributed by atoms with van der Waals surface area (Å²) in [5, 5.41) is 0. The van der Waals surface area contributed by atoms with E-state index in [0.717, 1.165) is 28.9 Å². The molecule has 2 aromatic rings. The van der Waals surface area contributed by atoms with Crippen molar-refractivity contribution in [2.45, 2.75) is 32.8 Å². The van der Waals surface area contributed by atoms with Crippen LogP contribution in [0.25, 0.3) is 0 Å². The third-order valence-corrected chi connectivity index (χ3v) is 3.83. The van der Waals surface area contributed by atoms with E-state index in [1.54, 1.807) is 0 Å². The molecule has 2 heteroatoms. The smallest absolute Gasteiger partial charge is 0.167 e. The lowest BCUT2D eigenvalue weighted by molar-refractivity contribution is 0.0992. The lowest BCUT2D eigenvalue weighted by Gasteiger charge is -2.06. The number of carbonyl (C=O) groups is 1. The molecule has 1 heterocycles. The number of carbonyl (C=O) groups excluding carboxylic acids is 1. The molecule has 1 atom stereocenters. The summed E-state index contributed by atoms with van der Waals surface area (Å²) in [7, 11) is 0. The zero-order valence-corrected chi connectivity index (χ0v) is 11.8. The minimum atomic E-state index is 0.168. The molecule has 2 nitrogen and oxygen atoms in total. The maximum absolute atomic E-state index is 12.4. The average molecular weight is 266 g/mol. The highest BCUT2D eigenvalue weighted by Gasteiger charge is 2.20. The fourth-order valence-electron chi connectivity index (χ4n) is 2.68. The molecule has 3 rings (SSSR count). The van der Waals surface area contributed by atoms with E-state index in [1.807, 2.05) is 49.4 Å². The van der Waals surface area contributed by atoms with Crippen molar-refractivity contribution in [2.24, 2.45) is 0 Å². The molecular weight excluding hydrogens is 248 g/mol. The topological polar surface area (TPSA) is 26.3 Å². The SMILES string of the molecule is Cc1ccccc1CC(=O)c1ccc2c(c1)CC(C)O2. The van der Waals surface area contributed by atoms with E-state index >= 15 is 0 Å². The summed E-state index contributed by atoms with van der Waals surface area (Å²) in [4.78, 5) is 12.4. The van der Waals surface area contributed by atoms with Gasteiger partial charge in [0.1, 0.15) is 11.9 Å². The van der Waals surface area contributed by atoms with Gasteiger partial charge in [0.15, 0.2) is 5.78 Å². The van der Waals surface area contributed by atoms with E-state index in [1.165, 1.54) is 5.56 Å². The summed E-state index contributed by atoms with van der Waals surface area (Å²) in [6.45, 7) is 4.09. The number of benzene rings is 2. The van der Waals surface area contributed by atoms with E-state index in [-0.39, 0.29) is 11.9 Å². The third-order valence-electron chi connectivity index (χ3n) is 3.83. The van der Waals surface area contributed by atoms with Crippen LogP contribution in [0.5, 0.6) is 5.75 Å². The van der Waals surface area contributed by atoms with Crippen molar-refractivity contribution in [3.8, 4) is 5.75 Å². The molecule has 102 valence electrons. The summed E-state index contributed by atoms with van der Waals surface area (Å²) in [5.41, 5.74) is 4.19. The first kappa shape index (κ1) is 12.9. The molecule has 0 spiro atoms. The number of aryl methyl sites for hydroxylation is 1. The van der Waals surface area contributed by atoms with Crippen molar-refractivity contribution in [1.82, 2.24) is 0 Å². The standard InChI is InChI=1S/C18H18O2/c1-12-5-3-4-6-14(12)11-17(19)15-7-8-18-16(10-15)9-13(2)20-18/h3-8,10,13H,9,11H2,1-2H3. The van der Waals surface area contributed by atoms with Crippen LogP contribution in [-0.2, 0) is 12.8 Å². The van der Waals surface area contributed by atoms with Crippen molar-refractivity contribution in [2.75, 3.05) is 0 Å². The summed E-state index contributed by atoms with van der Waals surface area (Å²) >= 11 is 0. The minimum Gasteiger partial charge on any atom is -0.490 e. The van der Waals surface area contributed by atoms with E-state index in [0.29, 0.717) is 6.42 Å². The number of hydrogen-bond donors (Lipinski definition) is 0. The third kappa shape index (κ3) is 2.46. The number of ether oxygens (including phenoxy) is 1. The van der Waals surface area contributed by atoms with E-state index in [4.69, 9.17) is 4.74 Å². The summed E-state index contributed by atoms with van der Waals surface area (Å²) in [6, 6.07) is 13.8. The van der Waals surface area contributed by atoms with Crippen molar-refractivity contribution >= 4 is 5.78 Å². The van der Waals surface area contributed by atoms with Crippen LogP contribution in [0.2, 0.25) is 0 Å². The lowest BCUT2D eigenvalue weighted by atomic mass is 9.97. The Hall–Kier alpha value is -2.09. The second-order valence-corrected chi connectivity index (χ2v) is 5.48. The quantitative estimate of drug-likeness (QED) is 0.791. The van der Waals surface area contributed by atoms with Crippen LogP contribution >= 0.6 is 0 Å². The summed E-state index contributed by atoms with van der Waals surface area (Å²) in [6.07, 6.45) is 1.56. The first-order valence-corrected chi connectivity index (χ1v) is 7.01. The van der Waals surface area contributed by atoms with Gasteiger partial charge in [-0.1, -0.05) is 24.3 Å². The second kappa shape index (κ2) is 5.12. The van der Waals surface area contributed by atoms with Crippen molar-refractivity contribution < 1.29 is 9.53 Å². The van der Waals surface area contributed by atoms with Crippen LogP contribution in [-0.4, -0.2) is 11.9 Å².